The van der Waals surface area contributed by atoms with Gasteiger partial charge in [0.25, 0.3) is 0 Å². The first-order valence-electron chi connectivity index (χ1n) is 5.99. The van der Waals surface area contributed by atoms with E-state index in [1.54, 1.807) is 0 Å². The Balaban J connectivity index is 2.45. The number of hydrogen-bond donors (Lipinski definition) is 1. The first kappa shape index (κ1) is 11.9. The van der Waals surface area contributed by atoms with Crippen LogP contribution in [0.3, 0.4) is 0 Å². The van der Waals surface area contributed by atoms with Gasteiger partial charge in [0.15, 0.2) is 0 Å². The molecule has 1 aromatic carbocycles. The van der Waals surface area contributed by atoms with E-state index in [1.165, 1.54) is 5.56 Å². The Labute approximate surface area is 102 Å². The quantitative estimate of drug-likeness (QED) is 0.878. The van der Waals surface area contributed by atoms with Gasteiger partial charge >= 0.3 is 0 Å². The molecule has 0 atom stereocenters. The van der Waals surface area contributed by atoms with Gasteiger partial charge in [-0.3, -0.25) is 0 Å². The topological polar surface area (TPSA) is 43.8 Å². The van der Waals surface area contributed by atoms with Crippen molar-refractivity contribution in [3.05, 3.63) is 41.3 Å². The van der Waals surface area contributed by atoms with E-state index in [1.807, 2.05) is 7.05 Å². The summed E-state index contributed by atoms with van der Waals surface area (Å²) in [5.74, 6) is 0.928. The lowest BCUT2D eigenvalue weighted by atomic mass is 10.1. The Bertz CT molecular complexity index is 509. The van der Waals surface area contributed by atoms with E-state index in [2.05, 4.69) is 47.7 Å². The summed E-state index contributed by atoms with van der Waals surface area (Å²) >= 11 is 0. The van der Waals surface area contributed by atoms with E-state index >= 15 is 0 Å². The summed E-state index contributed by atoms with van der Waals surface area (Å²) < 4.78 is 2.06. The van der Waals surface area contributed by atoms with Crippen LogP contribution in [-0.2, 0) is 20.0 Å². The van der Waals surface area contributed by atoms with Crippen LogP contribution in [0.15, 0.2) is 24.3 Å². The Morgan fingerprint density at radius 3 is 2.35 bits per heavy atom. The van der Waals surface area contributed by atoms with Gasteiger partial charge in [-0.15, -0.1) is 0 Å². The molecule has 0 aliphatic heterocycles. The zero-order chi connectivity index (χ0) is 12.4. The molecule has 0 fully saturated rings. The third-order valence-corrected chi connectivity index (χ3v) is 3.29. The van der Waals surface area contributed by atoms with Crippen molar-refractivity contribution in [1.29, 1.82) is 0 Å². The molecule has 0 saturated heterocycles. The summed E-state index contributed by atoms with van der Waals surface area (Å²) in [5.41, 5.74) is 10.4. The summed E-state index contributed by atoms with van der Waals surface area (Å²) in [6.07, 6.45) is 1.07. The largest absolute Gasteiger partial charge is 0.334 e. The average Bonchev–Trinajstić information content (AvgIpc) is 2.66. The molecule has 3 nitrogen and oxygen atoms in total. The first-order valence-corrected chi connectivity index (χ1v) is 5.99. The molecule has 90 valence electrons. The van der Waals surface area contributed by atoms with Crippen LogP contribution in [0.4, 0.5) is 0 Å². The minimum atomic E-state index is 0.477. The molecule has 0 radical (unpaired) electrons. The van der Waals surface area contributed by atoms with E-state index in [-0.39, 0.29) is 0 Å². The summed E-state index contributed by atoms with van der Waals surface area (Å²) in [4.78, 5) is 4.59. The molecule has 1 heterocycles. The van der Waals surface area contributed by atoms with E-state index < -0.39 is 0 Å². The maximum absolute atomic E-state index is 5.67. The number of hydrogen-bond acceptors (Lipinski definition) is 2. The zero-order valence-electron chi connectivity index (χ0n) is 10.7. The van der Waals surface area contributed by atoms with Crippen LogP contribution in [0.5, 0.6) is 0 Å². The molecule has 3 heteroatoms. The van der Waals surface area contributed by atoms with Crippen molar-refractivity contribution in [2.45, 2.75) is 26.8 Å². The first-order chi connectivity index (χ1) is 8.17. The molecule has 1 aromatic heterocycles. The second-order valence-electron chi connectivity index (χ2n) is 4.28. The van der Waals surface area contributed by atoms with Gasteiger partial charge in [-0.1, -0.05) is 31.2 Å². The van der Waals surface area contributed by atoms with E-state index in [4.69, 9.17) is 5.73 Å². The second-order valence-corrected chi connectivity index (χ2v) is 4.28. The fourth-order valence-electron chi connectivity index (χ4n) is 1.99. The number of rotatable bonds is 3. The van der Waals surface area contributed by atoms with Crippen LogP contribution in [0.2, 0.25) is 0 Å². The number of nitrogens with two attached hydrogens (primary N) is 1. The second kappa shape index (κ2) is 4.72. The minimum Gasteiger partial charge on any atom is -0.334 e. The van der Waals surface area contributed by atoms with Crippen LogP contribution in [0, 0.1) is 6.92 Å². The van der Waals surface area contributed by atoms with Gasteiger partial charge in [-0.05, 0) is 18.9 Å². The highest BCUT2D eigenvalue weighted by Gasteiger charge is 2.11. The predicted molar refractivity (Wildman–Crippen MR) is 70.7 cm³/mol. The molecule has 0 amide bonds. The van der Waals surface area contributed by atoms with Crippen molar-refractivity contribution < 1.29 is 0 Å². The standard InChI is InChI=1S/C14H19N3/c1-4-11-5-7-12(8-6-11)14-10(2)17(3)13(9-15)16-14/h5-8H,4,9,15H2,1-3H3. The lowest BCUT2D eigenvalue weighted by Crippen LogP contribution is -2.05. The summed E-state index contributed by atoms with van der Waals surface area (Å²) in [6.45, 7) is 4.72. The van der Waals surface area contributed by atoms with Gasteiger partial charge in [0, 0.05) is 18.3 Å². The van der Waals surface area contributed by atoms with Crippen LogP contribution in [-0.4, -0.2) is 9.55 Å². The van der Waals surface area contributed by atoms with Gasteiger partial charge in [-0.2, -0.15) is 0 Å². The number of aromatic nitrogens is 2. The molecule has 0 saturated carbocycles. The Kier molecular flexibility index (Phi) is 3.29. The van der Waals surface area contributed by atoms with Gasteiger partial charge in [-0.25, -0.2) is 4.98 Å². The molecule has 0 spiro atoms. The molecular formula is C14H19N3. The monoisotopic (exact) mass is 229 g/mol. The van der Waals surface area contributed by atoms with Gasteiger partial charge in [0.05, 0.1) is 12.2 Å². The molecule has 0 bridgehead atoms. The highest BCUT2D eigenvalue weighted by molar-refractivity contribution is 5.62. The van der Waals surface area contributed by atoms with Crippen LogP contribution in [0.1, 0.15) is 24.0 Å². The number of aryl methyl sites for hydroxylation is 1. The van der Waals surface area contributed by atoms with Crippen molar-refractivity contribution in [3.63, 3.8) is 0 Å². The van der Waals surface area contributed by atoms with Gasteiger partial charge in [0.1, 0.15) is 5.82 Å². The summed E-state index contributed by atoms with van der Waals surface area (Å²) in [6, 6.07) is 8.58. The van der Waals surface area contributed by atoms with Crippen LogP contribution >= 0.6 is 0 Å². The van der Waals surface area contributed by atoms with E-state index in [0.717, 1.165) is 29.2 Å². The van der Waals surface area contributed by atoms with Crippen molar-refractivity contribution >= 4 is 0 Å². The number of imidazole rings is 1. The Hall–Kier alpha value is -1.61. The smallest absolute Gasteiger partial charge is 0.123 e. The van der Waals surface area contributed by atoms with Crippen molar-refractivity contribution in [3.8, 4) is 11.3 Å². The van der Waals surface area contributed by atoms with Crippen LogP contribution < -0.4 is 5.73 Å². The molecule has 0 aliphatic carbocycles. The lowest BCUT2D eigenvalue weighted by molar-refractivity contribution is 0.774. The van der Waals surface area contributed by atoms with Crippen molar-refractivity contribution in [1.82, 2.24) is 9.55 Å². The fourth-order valence-corrected chi connectivity index (χ4v) is 1.99. The summed E-state index contributed by atoms with van der Waals surface area (Å²) in [5, 5.41) is 0. The molecule has 2 N–H and O–H groups in total. The molecule has 17 heavy (non-hydrogen) atoms. The summed E-state index contributed by atoms with van der Waals surface area (Å²) in [7, 11) is 2.01. The SMILES string of the molecule is CCc1ccc(-c2nc(CN)n(C)c2C)cc1. The maximum atomic E-state index is 5.67. The molecule has 0 unspecified atom stereocenters. The molecule has 2 aromatic rings. The third-order valence-electron chi connectivity index (χ3n) is 3.29. The lowest BCUT2D eigenvalue weighted by Gasteiger charge is -2.02. The zero-order valence-corrected chi connectivity index (χ0v) is 10.7. The van der Waals surface area contributed by atoms with Crippen molar-refractivity contribution in [2.75, 3.05) is 0 Å². The minimum absolute atomic E-state index is 0.477. The van der Waals surface area contributed by atoms with E-state index in [9.17, 15) is 0 Å². The fraction of sp³-hybridized carbons (Fsp3) is 0.357. The van der Waals surface area contributed by atoms with Gasteiger partial charge in [0.2, 0.25) is 0 Å². The third kappa shape index (κ3) is 2.11. The van der Waals surface area contributed by atoms with Gasteiger partial charge < -0.3 is 10.3 Å². The number of benzene rings is 1. The van der Waals surface area contributed by atoms with Crippen LogP contribution in [0.25, 0.3) is 11.3 Å². The van der Waals surface area contributed by atoms with Crippen molar-refractivity contribution in [2.24, 2.45) is 12.8 Å². The molecule has 0 aliphatic rings. The maximum Gasteiger partial charge on any atom is 0.123 e. The Morgan fingerprint density at radius 1 is 1.24 bits per heavy atom. The predicted octanol–water partition coefficient (Wildman–Crippen LogP) is 2.42. The highest BCUT2D eigenvalue weighted by Crippen LogP contribution is 2.23. The molecule has 2 rings (SSSR count). The van der Waals surface area contributed by atoms with E-state index in [0.29, 0.717) is 6.54 Å². The molecular weight excluding hydrogens is 210 g/mol. The normalized spacial score (nSPS) is 10.8. The Morgan fingerprint density at radius 2 is 1.88 bits per heavy atom. The highest BCUT2D eigenvalue weighted by atomic mass is 15.1. The number of nitrogens with zero attached hydrogens (tertiary/aromatic N) is 2. The average molecular weight is 229 g/mol.